The molecule has 0 radical (unpaired) electrons. The quantitative estimate of drug-likeness (QED) is 0.549. The van der Waals surface area contributed by atoms with Crippen LogP contribution in [0.2, 0.25) is 0 Å². The molecule has 1 aliphatic heterocycles. The smallest absolute Gasteiger partial charge is 0.321 e. The zero-order valence-corrected chi connectivity index (χ0v) is 11.5. The average Bonchev–Trinajstić information content (AvgIpc) is 2.69. The van der Waals surface area contributed by atoms with E-state index in [1.54, 1.807) is 0 Å². The van der Waals surface area contributed by atoms with Crippen LogP contribution in [-0.2, 0) is 9.59 Å². The maximum Gasteiger partial charge on any atom is 0.321 e. The summed E-state index contributed by atoms with van der Waals surface area (Å²) in [6, 6.07) is -0.533. The predicted octanol–water partition coefficient (Wildman–Crippen LogP) is 0.203. The first-order valence-electron chi connectivity index (χ1n) is 6.90. The highest BCUT2D eigenvalue weighted by Gasteiger charge is 2.35. The summed E-state index contributed by atoms with van der Waals surface area (Å²) in [7, 11) is 0. The molecule has 1 saturated heterocycles. The van der Waals surface area contributed by atoms with E-state index in [2.05, 4.69) is 5.32 Å². The van der Waals surface area contributed by atoms with Crippen LogP contribution >= 0.6 is 0 Å². The number of hydrogen-bond acceptors (Lipinski definition) is 4. The van der Waals surface area contributed by atoms with Crippen molar-refractivity contribution in [2.45, 2.75) is 51.2 Å². The van der Waals surface area contributed by atoms with Crippen LogP contribution in [0.25, 0.3) is 0 Å². The van der Waals surface area contributed by atoms with E-state index in [1.807, 2.05) is 4.90 Å². The van der Waals surface area contributed by atoms with Crippen molar-refractivity contribution >= 4 is 11.9 Å². The first-order chi connectivity index (χ1) is 9.00. The van der Waals surface area contributed by atoms with E-state index in [9.17, 15) is 14.7 Å². The van der Waals surface area contributed by atoms with Gasteiger partial charge in [-0.1, -0.05) is 12.8 Å². The topological polar surface area (TPSA) is 89.9 Å². The fourth-order valence-electron chi connectivity index (χ4n) is 2.44. The van der Waals surface area contributed by atoms with Crippen molar-refractivity contribution in [3.05, 3.63) is 0 Å². The molecule has 1 heterocycles. The largest absolute Gasteiger partial charge is 0.480 e. The van der Waals surface area contributed by atoms with E-state index in [4.69, 9.17) is 5.11 Å². The molecule has 0 aromatic heterocycles. The first kappa shape index (κ1) is 15.9. The number of aliphatic carboxylic acids is 1. The summed E-state index contributed by atoms with van der Waals surface area (Å²) in [5.74, 6) is -0.849. The maximum atomic E-state index is 11.0. The summed E-state index contributed by atoms with van der Waals surface area (Å²) in [4.78, 5) is 23.5. The Hall–Kier alpha value is -1.14. The minimum Gasteiger partial charge on any atom is -0.480 e. The number of carbonyl (C=O) groups excluding carboxylic acids is 1. The van der Waals surface area contributed by atoms with Gasteiger partial charge >= 0.3 is 5.97 Å². The van der Waals surface area contributed by atoms with Gasteiger partial charge in [-0.15, -0.1) is 0 Å². The van der Waals surface area contributed by atoms with Gasteiger partial charge < -0.3 is 15.5 Å². The molecule has 6 nitrogen and oxygen atoms in total. The maximum absolute atomic E-state index is 11.0. The van der Waals surface area contributed by atoms with Crippen molar-refractivity contribution < 1.29 is 19.8 Å². The van der Waals surface area contributed by atoms with E-state index in [0.29, 0.717) is 26.1 Å². The van der Waals surface area contributed by atoms with Crippen LogP contribution in [0.15, 0.2) is 0 Å². The Kier molecular flexibility index (Phi) is 6.80. The summed E-state index contributed by atoms with van der Waals surface area (Å²) in [5.41, 5.74) is 0. The van der Waals surface area contributed by atoms with E-state index in [0.717, 1.165) is 25.7 Å². The van der Waals surface area contributed by atoms with Gasteiger partial charge in [0.15, 0.2) is 0 Å². The number of carboxylic acid groups (broad SMARTS) is 1. The second-order valence-corrected chi connectivity index (χ2v) is 5.14. The van der Waals surface area contributed by atoms with Crippen molar-refractivity contribution in [1.29, 1.82) is 0 Å². The molecule has 0 saturated carbocycles. The molecule has 1 fully saturated rings. The number of β-amino-alcohol motifs (C(OH)–C–C–N with tert-alkyl or cyclic N) is 1. The molecular weight excluding hydrogens is 248 g/mol. The molecule has 2 atom stereocenters. The molecule has 0 aliphatic carbocycles. The highest BCUT2D eigenvalue weighted by molar-refractivity contribution is 5.74. The Morgan fingerprint density at radius 2 is 1.95 bits per heavy atom. The molecule has 0 aromatic carbocycles. The van der Waals surface area contributed by atoms with Crippen LogP contribution < -0.4 is 5.32 Å². The monoisotopic (exact) mass is 272 g/mol. The Bertz CT molecular complexity index is 309. The summed E-state index contributed by atoms with van der Waals surface area (Å²) in [6.07, 6.45) is 3.73. The van der Waals surface area contributed by atoms with Gasteiger partial charge in [0, 0.05) is 26.4 Å². The molecule has 0 bridgehead atoms. The third-order valence-corrected chi connectivity index (χ3v) is 3.41. The van der Waals surface area contributed by atoms with Crippen LogP contribution in [0.1, 0.15) is 39.0 Å². The van der Waals surface area contributed by atoms with Crippen LogP contribution in [-0.4, -0.2) is 58.8 Å². The zero-order chi connectivity index (χ0) is 14.3. The molecule has 110 valence electrons. The van der Waals surface area contributed by atoms with Gasteiger partial charge in [-0.25, -0.2) is 0 Å². The number of likely N-dealkylation sites (tertiary alicyclic amines) is 1. The molecule has 0 spiro atoms. The molecule has 1 unspecified atom stereocenters. The number of amides is 1. The summed E-state index contributed by atoms with van der Waals surface area (Å²) in [5, 5.41) is 21.3. The highest BCUT2D eigenvalue weighted by Crippen LogP contribution is 2.18. The van der Waals surface area contributed by atoms with Gasteiger partial charge in [0.1, 0.15) is 6.04 Å². The van der Waals surface area contributed by atoms with Crippen molar-refractivity contribution in [3.63, 3.8) is 0 Å². The Morgan fingerprint density at radius 1 is 1.26 bits per heavy atom. The minimum absolute atomic E-state index is 0.00430. The number of hydrogen-bond donors (Lipinski definition) is 3. The minimum atomic E-state index is -0.845. The van der Waals surface area contributed by atoms with Crippen molar-refractivity contribution in [3.8, 4) is 0 Å². The first-order valence-corrected chi connectivity index (χ1v) is 6.90. The average molecular weight is 272 g/mol. The van der Waals surface area contributed by atoms with Gasteiger partial charge in [-0.2, -0.15) is 0 Å². The Labute approximate surface area is 113 Å². The van der Waals surface area contributed by atoms with E-state index in [1.165, 1.54) is 6.92 Å². The Morgan fingerprint density at radius 3 is 2.58 bits per heavy atom. The lowest BCUT2D eigenvalue weighted by atomic mass is 10.1. The lowest BCUT2D eigenvalue weighted by Gasteiger charge is -2.20. The highest BCUT2D eigenvalue weighted by atomic mass is 16.4. The number of aliphatic hydroxyl groups excluding tert-OH is 1. The number of unbranched alkanes of at least 4 members (excludes halogenated alkanes) is 3. The molecule has 19 heavy (non-hydrogen) atoms. The lowest BCUT2D eigenvalue weighted by molar-refractivity contribution is -0.142. The fourth-order valence-corrected chi connectivity index (χ4v) is 2.44. The van der Waals surface area contributed by atoms with Gasteiger partial charge in [-0.3, -0.25) is 14.5 Å². The molecular formula is C13H24N2O4. The summed E-state index contributed by atoms with van der Waals surface area (Å²) < 4.78 is 0. The van der Waals surface area contributed by atoms with E-state index < -0.39 is 18.1 Å². The van der Waals surface area contributed by atoms with Crippen molar-refractivity contribution in [2.24, 2.45) is 0 Å². The van der Waals surface area contributed by atoms with Crippen LogP contribution in [0.4, 0.5) is 0 Å². The lowest BCUT2D eigenvalue weighted by Crippen LogP contribution is -2.36. The zero-order valence-electron chi connectivity index (χ0n) is 11.5. The number of nitrogens with zero attached hydrogens (tertiary/aromatic N) is 1. The van der Waals surface area contributed by atoms with E-state index in [-0.39, 0.29) is 5.91 Å². The molecule has 0 aromatic rings. The second kappa shape index (κ2) is 8.12. The number of carbonyl (C=O) groups is 2. The van der Waals surface area contributed by atoms with Gasteiger partial charge in [-0.05, 0) is 19.4 Å². The molecule has 3 N–H and O–H groups in total. The van der Waals surface area contributed by atoms with Crippen LogP contribution in [0.3, 0.4) is 0 Å². The third-order valence-electron chi connectivity index (χ3n) is 3.41. The number of rotatable bonds is 8. The van der Waals surface area contributed by atoms with Gasteiger partial charge in [0.2, 0.25) is 5.91 Å². The predicted molar refractivity (Wildman–Crippen MR) is 70.8 cm³/mol. The molecule has 6 heteroatoms. The molecule has 1 rings (SSSR count). The van der Waals surface area contributed by atoms with Crippen molar-refractivity contribution in [1.82, 2.24) is 10.2 Å². The summed E-state index contributed by atoms with van der Waals surface area (Å²) >= 11 is 0. The van der Waals surface area contributed by atoms with Crippen molar-refractivity contribution in [2.75, 3.05) is 19.6 Å². The molecule has 1 amide bonds. The Balaban J connectivity index is 2.08. The number of nitrogens with one attached hydrogen (secondary N) is 1. The third kappa shape index (κ3) is 6.02. The molecule has 1 aliphatic rings. The van der Waals surface area contributed by atoms with Gasteiger partial charge in [0.25, 0.3) is 0 Å². The normalized spacial score (nSPS) is 23.5. The number of carboxylic acids is 1. The number of aliphatic hydroxyl groups is 1. The van der Waals surface area contributed by atoms with Crippen LogP contribution in [0, 0.1) is 0 Å². The van der Waals surface area contributed by atoms with Crippen LogP contribution in [0.5, 0.6) is 0 Å². The summed E-state index contributed by atoms with van der Waals surface area (Å²) in [6.45, 7) is 3.39. The van der Waals surface area contributed by atoms with Gasteiger partial charge in [0.05, 0.1) is 6.10 Å². The SMILES string of the molecule is CC(=O)NCCCCCCN1CC(O)C[C@H]1C(=O)O. The fraction of sp³-hybridized carbons (Fsp3) is 0.846. The van der Waals surface area contributed by atoms with E-state index >= 15 is 0 Å². The second-order valence-electron chi connectivity index (χ2n) is 5.14. The standard InChI is InChI=1S/C13H24N2O4/c1-10(16)14-6-4-2-3-5-7-15-9-11(17)8-12(15)13(18)19/h11-12,17H,2-9H2,1H3,(H,14,16)(H,18,19)/t11?,12-/m0/s1.